The minimum absolute atomic E-state index is 0.219. The van der Waals surface area contributed by atoms with E-state index in [1.165, 1.54) is 56.7 Å². The first-order valence-corrected chi connectivity index (χ1v) is 18.8. The predicted molar refractivity (Wildman–Crippen MR) is 115 cm³/mol. The van der Waals surface area contributed by atoms with Gasteiger partial charge >= 0.3 is 164 Å². The summed E-state index contributed by atoms with van der Waals surface area (Å²) in [5.74, 6) is 0.954. The van der Waals surface area contributed by atoms with Crippen LogP contribution in [0.25, 0.3) is 0 Å². The van der Waals surface area contributed by atoms with Gasteiger partial charge in [0.05, 0.1) is 0 Å². The molecular formula is C21H37NOSSn. The molecule has 0 bridgehead atoms. The van der Waals surface area contributed by atoms with Gasteiger partial charge in [-0.05, 0) is 0 Å². The summed E-state index contributed by atoms with van der Waals surface area (Å²) in [5, 5.41) is 2.31. The summed E-state index contributed by atoms with van der Waals surface area (Å²) in [6.07, 6.45) is 8.39. The average molecular weight is 470 g/mol. The number of unbranched alkanes of at least 4 members (excludes halogenated alkanes) is 3. The summed E-state index contributed by atoms with van der Waals surface area (Å²) in [7, 11) is 0. The van der Waals surface area contributed by atoms with E-state index in [0.29, 0.717) is 0 Å². The van der Waals surface area contributed by atoms with Gasteiger partial charge in [-0.2, -0.15) is 0 Å². The molecule has 2 atom stereocenters. The molecule has 2 unspecified atom stereocenters. The SMILES string of the molecule is CCC[CH2][Sn]([CH2]CCC)([CH2]CCC)[c]1ccsc1C1=NC(C)C(C)O1. The molecule has 1 aromatic heterocycles. The van der Waals surface area contributed by atoms with E-state index in [2.05, 4.69) is 46.1 Å². The van der Waals surface area contributed by atoms with Crippen LogP contribution in [0.2, 0.25) is 13.3 Å². The number of rotatable bonds is 11. The van der Waals surface area contributed by atoms with Crippen LogP contribution in [0.4, 0.5) is 0 Å². The van der Waals surface area contributed by atoms with Crippen molar-refractivity contribution in [2.75, 3.05) is 0 Å². The van der Waals surface area contributed by atoms with Gasteiger partial charge in [-0.15, -0.1) is 0 Å². The van der Waals surface area contributed by atoms with Gasteiger partial charge in [-0.3, -0.25) is 0 Å². The molecule has 0 spiro atoms. The first kappa shape index (κ1) is 21.3. The Morgan fingerprint density at radius 3 is 2.00 bits per heavy atom. The van der Waals surface area contributed by atoms with Crippen molar-refractivity contribution in [1.29, 1.82) is 0 Å². The average Bonchev–Trinajstić information content (AvgIpc) is 3.22. The van der Waals surface area contributed by atoms with Gasteiger partial charge in [0.25, 0.3) is 0 Å². The van der Waals surface area contributed by atoms with Crippen LogP contribution in [0.15, 0.2) is 16.4 Å². The third-order valence-electron chi connectivity index (χ3n) is 5.76. The summed E-state index contributed by atoms with van der Waals surface area (Å²) < 4.78 is 12.4. The standard InChI is InChI=1S/C9H10NOS.3C4H9.Sn/c1-6-7(2)11-9(10-6)8-4-3-5-12-8;3*1-3-4-2;/h3,5-7H,1-2H3;3*1,3-4H2,2H3;. The first-order valence-electron chi connectivity index (χ1n) is 10.4. The number of hydrogen-bond donors (Lipinski definition) is 0. The number of hydrogen-bond acceptors (Lipinski definition) is 3. The second kappa shape index (κ2) is 10.3. The Balaban J connectivity index is 2.39. The van der Waals surface area contributed by atoms with Crippen molar-refractivity contribution in [3.8, 4) is 0 Å². The summed E-state index contributed by atoms with van der Waals surface area (Å²) in [6, 6.07) is 2.76. The van der Waals surface area contributed by atoms with Crippen molar-refractivity contribution < 1.29 is 4.74 Å². The topological polar surface area (TPSA) is 21.6 Å². The summed E-state index contributed by atoms with van der Waals surface area (Å²) in [6.45, 7) is 11.4. The van der Waals surface area contributed by atoms with Crippen LogP contribution in [0.3, 0.4) is 0 Å². The number of ether oxygens (including phenoxy) is 1. The molecule has 4 heteroatoms. The van der Waals surface area contributed by atoms with E-state index in [1.807, 2.05) is 11.3 Å². The molecule has 2 heterocycles. The van der Waals surface area contributed by atoms with Crippen LogP contribution in [0.1, 0.15) is 78.0 Å². The van der Waals surface area contributed by atoms with Crippen molar-refractivity contribution in [2.45, 2.75) is 98.6 Å². The van der Waals surface area contributed by atoms with E-state index >= 15 is 0 Å². The van der Waals surface area contributed by atoms with E-state index in [-0.39, 0.29) is 12.1 Å². The molecule has 0 N–H and O–H groups in total. The predicted octanol–water partition coefficient (Wildman–Crippen LogP) is 6.36. The molecular weight excluding hydrogens is 433 g/mol. The van der Waals surface area contributed by atoms with Crippen LogP contribution in [-0.4, -0.2) is 36.4 Å². The fourth-order valence-electron chi connectivity index (χ4n) is 3.92. The molecule has 0 aliphatic carbocycles. The third-order valence-corrected chi connectivity index (χ3v) is 22.8. The van der Waals surface area contributed by atoms with E-state index in [4.69, 9.17) is 9.73 Å². The molecule has 2 rings (SSSR count). The normalized spacial score (nSPS) is 20.6. The van der Waals surface area contributed by atoms with Crippen molar-refractivity contribution in [3.63, 3.8) is 0 Å². The molecule has 2 nitrogen and oxygen atoms in total. The third kappa shape index (κ3) is 5.24. The van der Waals surface area contributed by atoms with Crippen LogP contribution in [0, 0.1) is 0 Å². The molecule has 1 aromatic rings. The van der Waals surface area contributed by atoms with Gasteiger partial charge in [0.1, 0.15) is 0 Å². The van der Waals surface area contributed by atoms with Gasteiger partial charge in [0.15, 0.2) is 0 Å². The Morgan fingerprint density at radius 2 is 1.56 bits per heavy atom. The fourth-order valence-corrected chi connectivity index (χ4v) is 23.2. The van der Waals surface area contributed by atoms with Gasteiger partial charge in [0.2, 0.25) is 0 Å². The van der Waals surface area contributed by atoms with Crippen molar-refractivity contribution >= 4 is 39.2 Å². The molecule has 1 aliphatic rings. The van der Waals surface area contributed by atoms with E-state index in [9.17, 15) is 0 Å². The maximum atomic E-state index is 6.16. The van der Waals surface area contributed by atoms with Crippen LogP contribution in [0.5, 0.6) is 0 Å². The molecule has 0 fully saturated rings. The van der Waals surface area contributed by atoms with E-state index in [1.54, 1.807) is 3.58 Å². The van der Waals surface area contributed by atoms with E-state index < -0.39 is 18.4 Å². The Morgan fingerprint density at radius 1 is 1.00 bits per heavy atom. The number of nitrogens with zero attached hydrogens (tertiary/aromatic N) is 1. The molecule has 0 radical (unpaired) electrons. The second-order valence-corrected chi connectivity index (χ2v) is 21.8. The number of aliphatic imine (C=N–C) groups is 1. The Hall–Kier alpha value is -0.0313. The first-order chi connectivity index (χ1) is 12.1. The minimum atomic E-state index is -2.41. The molecule has 0 aromatic carbocycles. The van der Waals surface area contributed by atoms with Crippen LogP contribution < -0.4 is 3.58 Å². The van der Waals surface area contributed by atoms with Gasteiger partial charge in [-0.1, -0.05) is 0 Å². The van der Waals surface area contributed by atoms with Gasteiger partial charge < -0.3 is 0 Å². The Kier molecular flexibility index (Phi) is 8.80. The van der Waals surface area contributed by atoms with E-state index in [0.717, 1.165) is 5.90 Å². The van der Waals surface area contributed by atoms with Crippen molar-refractivity contribution in [1.82, 2.24) is 0 Å². The molecule has 0 saturated carbocycles. The van der Waals surface area contributed by atoms with Crippen LogP contribution in [-0.2, 0) is 4.74 Å². The van der Waals surface area contributed by atoms with Gasteiger partial charge in [-0.25, -0.2) is 0 Å². The Labute approximate surface area is 163 Å². The zero-order chi connectivity index (χ0) is 18.3. The summed E-state index contributed by atoms with van der Waals surface area (Å²) in [4.78, 5) is 6.26. The molecule has 0 saturated heterocycles. The summed E-state index contributed by atoms with van der Waals surface area (Å²) >= 11 is -0.532. The molecule has 25 heavy (non-hydrogen) atoms. The summed E-state index contributed by atoms with van der Waals surface area (Å²) in [5.41, 5.74) is 0. The molecule has 0 amide bonds. The monoisotopic (exact) mass is 471 g/mol. The molecule has 1 aliphatic heterocycles. The van der Waals surface area contributed by atoms with Crippen molar-refractivity contribution in [3.05, 3.63) is 16.3 Å². The Bertz CT molecular complexity index is 532. The van der Waals surface area contributed by atoms with Crippen molar-refractivity contribution in [2.24, 2.45) is 4.99 Å². The second-order valence-electron chi connectivity index (χ2n) is 7.75. The fraction of sp³-hybridized carbons (Fsp3) is 0.762. The van der Waals surface area contributed by atoms with Crippen LogP contribution >= 0.6 is 11.3 Å². The quantitative estimate of drug-likeness (QED) is 0.345. The number of thiophene rings is 1. The zero-order valence-corrected chi connectivity index (χ0v) is 20.6. The zero-order valence-electron chi connectivity index (χ0n) is 16.9. The maximum absolute atomic E-state index is 6.16. The van der Waals surface area contributed by atoms with Gasteiger partial charge in [0, 0.05) is 0 Å². The molecule has 142 valence electrons.